The highest BCUT2D eigenvalue weighted by Gasteiger charge is 2.55. The highest BCUT2D eigenvalue weighted by molar-refractivity contribution is 5.04. The number of aliphatic hydroxyl groups excluding tert-OH is 4. The summed E-state index contributed by atoms with van der Waals surface area (Å²) in [4.78, 5) is 16.3. The first-order valence-corrected chi connectivity index (χ1v) is 16.4. The number of azide groups is 6. The Labute approximate surface area is 302 Å². The van der Waals surface area contributed by atoms with Crippen LogP contribution in [0, 0.1) is 11.8 Å². The minimum Gasteiger partial charge on any atom is -0.394 e. The van der Waals surface area contributed by atoms with E-state index in [9.17, 15) is 42.6 Å². The van der Waals surface area contributed by atoms with E-state index in [1.165, 1.54) is 13.8 Å². The zero-order valence-electron chi connectivity index (χ0n) is 28.5. The number of ether oxygens (including phenoxy) is 6. The molecule has 4 aliphatic rings. The molecule has 19 atom stereocenters. The van der Waals surface area contributed by atoms with E-state index in [1.807, 2.05) is 0 Å². The molecule has 3 heterocycles. The second kappa shape index (κ2) is 19.6. The van der Waals surface area contributed by atoms with Gasteiger partial charge >= 0.3 is 0 Å². The van der Waals surface area contributed by atoms with Crippen molar-refractivity contribution >= 4 is 0 Å². The maximum atomic E-state index is 15.7. The van der Waals surface area contributed by atoms with E-state index in [1.54, 1.807) is 0 Å². The van der Waals surface area contributed by atoms with Crippen molar-refractivity contribution in [2.45, 2.75) is 124 Å². The van der Waals surface area contributed by atoms with Crippen molar-refractivity contribution < 1.29 is 53.2 Å². The van der Waals surface area contributed by atoms with E-state index < -0.39 is 123 Å². The lowest BCUT2D eigenvalue weighted by atomic mass is 9.84. The van der Waals surface area contributed by atoms with Gasteiger partial charge in [-0.25, -0.2) is 4.39 Å². The van der Waals surface area contributed by atoms with Crippen LogP contribution >= 0.6 is 0 Å². The molecule has 28 nitrogen and oxygen atoms in total. The van der Waals surface area contributed by atoms with Gasteiger partial charge in [-0.2, -0.15) is 0 Å². The van der Waals surface area contributed by atoms with Gasteiger partial charge < -0.3 is 48.8 Å². The summed E-state index contributed by atoms with van der Waals surface area (Å²) < 4.78 is 51.1. The molecule has 29 heteroatoms. The highest BCUT2D eigenvalue weighted by atomic mass is 19.1. The van der Waals surface area contributed by atoms with Crippen LogP contribution in [0.3, 0.4) is 0 Å². The normalized spacial score (nSPS) is 43.1. The number of aliphatic hydroxyl groups is 4. The van der Waals surface area contributed by atoms with Gasteiger partial charge in [-0.15, -0.1) is 0 Å². The summed E-state index contributed by atoms with van der Waals surface area (Å²) in [7, 11) is 0. The fraction of sp³-hybridized carbons (Fsp3) is 1.00. The minimum atomic E-state index is -1.91. The molecular weight excluding hydrogens is 731 g/mol. The molecule has 0 radical (unpaired) electrons. The van der Waals surface area contributed by atoms with Gasteiger partial charge in [-0.05, 0) is 45.5 Å². The summed E-state index contributed by atoms with van der Waals surface area (Å²) in [6.45, 7) is 1.44. The zero-order valence-corrected chi connectivity index (χ0v) is 28.5. The molecule has 4 N–H and O–H groups in total. The molecule has 4 rings (SSSR count). The SMILES string of the molecule is CC1C(CN=[N+]=[N-])OC(OC2C(N=[N+]=[N-])CC(N=[N+]=[N-])C(O)C2OC2OC(CO)C(OC3OC(CN=[N+]=[N-])C(O)C(C)C3N=[N+]=[N-])C2O)C(N=[N+]=[N-])C1F. The summed E-state index contributed by atoms with van der Waals surface area (Å²) in [5.41, 5.74) is 54.6. The third-order valence-corrected chi connectivity index (χ3v) is 9.73. The number of halogens is 1. The van der Waals surface area contributed by atoms with Crippen LogP contribution in [0.15, 0.2) is 30.7 Å². The molecule has 3 aliphatic heterocycles. The van der Waals surface area contributed by atoms with Crippen molar-refractivity contribution in [3.63, 3.8) is 0 Å². The lowest BCUT2D eigenvalue weighted by Crippen LogP contribution is -2.61. The van der Waals surface area contributed by atoms with Gasteiger partial charge in [-0.3, -0.25) is 0 Å². The molecule has 1 saturated carbocycles. The van der Waals surface area contributed by atoms with Crippen molar-refractivity contribution in [2.75, 3.05) is 19.7 Å². The van der Waals surface area contributed by atoms with Gasteiger partial charge in [0.2, 0.25) is 0 Å². The molecule has 0 amide bonds. The molecule has 0 aromatic heterocycles. The second-order valence-corrected chi connectivity index (χ2v) is 12.7. The lowest BCUT2D eigenvalue weighted by molar-refractivity contribution is -0.297. The topological polar surface area (TPSA) is 429 Å². The quantitative estimate of drug-likeness (QED) is 0.107. The van der Waals surface area contributed by atoms with Crippen LogP contribution in [0.4, 0.5) is 4.39 Å². The van der Waals surface area contributed by atoms with Crippen molar-refractivity contribution in [3.05, 3.63) is 62.7 Å². The Morgan fingerprint density at radius 3 is 1.72 bits per heavy atom. The van der Waals surface area contributed by atoms with Gasteiger partial charge in [-0.1, -0.05) is 44.5 Å². The maximum Gasteiger partial charge on any atom is 0.187 e. The van der Waals surface area contributed by atoms with Crippen LogP contribution in [-0.4, -0.2) is 144 Å². The van der Waals surface area contributed by atoms with E-state index in [2.05, 4.69) is 60.2 Å². The van der Waals surface area contributed by atoms with Gasteiger partial charge in [0.1, 0.15) is 36.6 Å². The molecule has 0 bridgehead atoms. The Kier molecular flexibility index (Phi) is 15.3. The average molecular weight is 769 g/mol. The summed E-state index contributed by atoms with van der Waals surface area (Å²) in [5, 5.41) is 65.0. The lowest BCUT2D eigenvalue weighted by Gasteiger charge is -2.47. The molecule has 19 unspecified atom stereocenters. The standard InChI is InChI=1S/C25H37FN18O10/c1-7-11(4-33-39-27)49-24(16(14(7)26)38-44-32)52-20-10(36-42-30)3-9(35-41-29)18(47)22(20)54-25-19(48)21(13(6-45)51-25)53-23-15(37-43-31)8(2)17(46)12(50-23)5-34-40-28/h7-25,45-48H,3-6H2,1-2H3. The Balaban J connectivity index is 1.67. The molecule has 3 saturated heterocycles. The summed E-state index contributed by atoms with van der Waals surface area (Å²) in [5.74, 6) is -1.78. The van der Waals surface area contributed by atoms with Crippen LogP contribution in [0.2, 0.25) is 0 Å². The smallest absolute Gasteiger partial charge is 0.187 e. The molecule has 0 spiro atoms. The molecule has 4 fully saturated rings. The monoisotopic (exact) mass is 768 g/mol. The molecule has 1 aliphatic carbocycles. The van der Waals surface area contributed by atoms with Crippen molar-refractivity contribution in [1.82, 2.24) is 0 Å². The first-order valence-electron chi connectivity index (χ1n) is 16.4. The molecule has 0 aromatic rings. The largest absolute Gasteiger partial charge is 0.394 e. The van der Waals surface area contributed by atoms with E-state index in [0.29, 0.717) is 0 Å². The molecule has 294 valence electrons. The zero-order chi connectivity index (χ0) is 39.5. The van der Waals surface area contributed by atoms with Crippen LogP contribution in [0.5, 0.6) is 0 Å². The van der Waals surface area contributed by atoms with E-state index in [0.717, 1.165) is 0 Å². The fourth-order valence-corrected chi connectivity index (χ4v) is 6.82. The molecular formula is C25H37FN18O10. The van der Waals surface area contributed by atoms with E-state index in [-0.39, 0.29) is 19.5 Å². The summed E-state index contributed by atoms with van der Waals surface area (Å²) in [6.07, 6.45) is -20.7. The van der Waals surface area contributed by atoms with Gasteiger partial charge in [0.05, 0.1) is 68.3 Å². The number of nitrogens with zero attached hydrogens (tertiary/aromatic N) is 18. The second-order valence-electron chi connectivity index (χ2n) is 12.7. The van der Waals surface area contributed by atoms with Crippen LogP contribution < -0.4 is 0 Å². The minimum absolute atomic E-state index is 0.337. The van der Waals surface area contributed by atoms with Crippen LogP contribution in [0.25, 0.3) is 62.7 Å². The predicted octanol–water partition coefficient (Wildman–Crippen LogP) is 2.74. The maximum absolute atomic E-state index is 15.7. The van der Waals surface area contributed by atoms with Gasteiger partial charge in [0.25, 0.3) is 0 Å². The molecule has 0 aromatic carbocycles. The Morgan fingerprint density at radius 2 is 1.11 bits per heavy atom. The van der Waals surface area contributed by atoms with Crippen molar-refractivity contribution in [2.24, 2.45) is 42.5 Å². The first kappa shape index (κ1) is 42.1. The van der Waals surface area contributed by atoms with Crippen molar-refractivity contribution in [1.29, 1.82) is 0 Å². The third kappa shape index (κ3) is 9.18. The molecule has 54 heavy (non-hydrogen) atoms. The average Bonchev–Trinajstić information content (AvgIpc) is 3.45. The van der Waals surface area contributed by atoms with Gasteiger partial charge in [0, 0.05) is 35.4 Å². The predicted molar refractivity (Wildman–Crippen MR) is 173 cm³/mol. The van der Waals surface area contributed by atoms with Crippen molar-refractivity contribution in [3.8, 4) is 0 Å². The Morgan fingerprint density at radius 1 is 0.593 bits per heavy atom. The van der Waals surface area contributed by atoms with Gasteiger partial charge in [0.15, 0.2) is 18.9 Å². The number of hydrogen-bond donors (Lipinski definition) is 4. The summed E-state index contributed by atoms with van der Waals surface area (Å²) >= 11 is 0. The van der Waals surface area contributed by atoms with E-state index >= 15 is 4.39 Å². The first-order chi connectivity index (χ1) is 26.0. The Bertz CT molecular complexity index is 1600. The number of alkyl halides is 1. The highest BCUT2D eigenvalue weighted by Crippen LogP contribution is 2.39. The van der Waals surface area contributed by atoms with E-state index in [4.69, 9.17) is 39.5 Å². The Hall–Kier alpha value is -4.61. The number of rotatable bonds is 15. The summed E-state index contributed by atoms with van der Waals surface area (Å²) in [6, 6.07) is -5.53. The van der Waals surface area contributed by atoms with Crippen LogP contribution in [-0.2, 0) is 28.4 Å². The number of hydrogen-bond acceptors (Lipinski definition) is 16. The third-order valence-electron chi connectivity index (χ3n) is 9.73. The fourth-order valence-electron chi connectivity index (χ4n) is 6.82. The van der Waals surface area contributed by atoms with Crippen LogP contribution in [0.1, 0.15) is 20.3 Å².